The van der Waals surface area contributed by atoms with Crippen LogP contribution in [0.15, 0.2) is 16.7 Å². The van der Waals surface area contributed by atoms with E-state index in [1.54, 1.807) is 13.3 Å². The molecule has 0 N–H and O–H groups in total. The monoisotopic (exact) mass is 333 g/mol. The van der Waals surface area contributed by atoms with Crippen molar-refractivity contribution in [3.63, 3.8) is 0 Å². The van der Waals surface area contributed by atoms with Crippen LogP contribution in [-0.2, 0) is 19.7 Å². The van der Waals surface area contributed by atoms with E-state index in [1.165, 1.54) is 7.11 Å². The Balaban J connectivity index is 2.36. The SMILES string of the molecule is COC(=O)C1(c2cnc(Cl)c(Br)c2)CC(OC)C1. The number of ether oxygens (including phenoxy) is 2. The van der Waals surface area contributed by atoms with Crippen LogP contribution in [0.2, 0.25) is 5.15 Å². The minimum atomic E-state index is -0.657. The van der Waals surface area contributed by atoms with Crippen LogP contribution >= 0.6 is 27.5 Å². The van der Waals surface area contributed by atoms with E-state index in [2.05, 4.69) is 20.9 Å². The maximum Gasteiger partial charge on any atom is 0.316 e. The molecule has 0 spiro atoms. The molecule has 1 fully saturated rings. The largest absolute Gasteiger partial charge is 0.468 e. The lowest BCUT2D eigenvalue weighted by Crippen LogP contribution is -2.51. The number of aromatic nitrogens is 1. The average molecular weight is 335 g/mol. The number of esters is 1. The summed E-state index contributed by atoms with van der Waals surface area (Å²) >= 11 is 9.18. The molecule has 1 aromatic heterocycles. The molecule has 0 radical (unpaired) electrons. The zero-order valence-corrected chi connectivity index (χ0v) is 12.4. The van der Waals surface area contributed by atoms with Gasteiger partial charge in [-0.05, 0) is 40.4 Å². The highest BCUT2D eigenvalue weighted by Gasteiger charge is 2.53. The van der Waals surface area contributed by atoms with Crippen molar-refractivity contribution in [1.82, 2.24) is 4.98 Å². The standard InChI is InChI=1S/C12H13BrClNO3/c1-17-8-4-12(5-8,11(16)18-2)7-3-9(13)10(14)15-6-7/h3,6,8H,4-5H2,1-2H3. The predicted molar refractivity (Wildman–Crippen MR) is 70.7 cm³/mol. The second-order valence-corrected chi connectivity index (χ2v) is 5.55. The topological polar surface area (TPSA) is 48.4 Å². The van der Waals surface area contributed by atoms with Crippen molar-refractivity contribution in [1.29, 1.82) is 0 Å². The Bertz CT molecular complexity index is 474. The quantitative estimate of drug-likeness (QED) is 0.630. The fraction of sp³-hybridized carbons (Fsp3) is 0.500. The molecule has 0 saturated heterocycles. The Hall–Kier alpha value is -0.650. The van der Waals surface area contributed by atoms with E-state index in [1.807, 2.05) is 6.07 Å². The molecular weight excluding hydrogens is 321 g/mol. The van der Waals surface area contributed by atoms with E-state index >= 15 is 0 Å². The lowest BCUT2D eigenvalue weighted by atomic mass is 9.63. The van der Waals surface area contributed by atoms with Gasteiger partial charge in [0, 0.05) is 13.3 Å². The van der Waals surface area contributed by atoms with Crippen LogP contribution in [0.1, 0.15) is 18.4 Å². The van der Waals surface area contributed by atoms with E-state index in [-0.39, 0.29) is 12.1 Å². The van der Waals surface area contributed by atoms with Crippen molar-refractivity contribution in [2.75, 3.05) is 14.2 Å². The van der Waals surface area contributed by atoms with Gasteiger partial charge in [-0.2, -0.15) is 0 Å². The molecule has 6 heteroatoms. The summed E-state index contributed by atoms with van der Waals surface area (Å²) < 4.78 is 10.8. The minimum Gasteiger partial charge on any atom is -0.468 e. The number of pyridine rings is 1. The fourth-order valence-electron chi connectivity index (χ4n) is 2.28. The van der Waals surface area contributed by atoms with Crippen LogP contribution in [0.4, 0.5) is 0 Å². The van der Waals surface area contributed by atoms with Gasteiger partial charge in [0.25, 0.3) is 0 Å². The molecule has 0 bridgehead atoms. The zero-order valence-electron chi connectivity index (χ0n) is 10.1. The van der Waals surface area contributed by atoms with Gasteiger partial charge in [-0.15, -0.1) is 0 Å². The third-order valence-corrected chi connectivity index (χ3v) is 4.54. The van der Waals surface area contributed by atoms with E-state index in [0.717, 1.165) is 5.56 Å². The lowest BCUT2D eigenvalue weighted by Gasteiger charge is -2.44. The van der Waals surface area contributed by atoms with Crippen LogP contribution in [0.3, 0.4) is 0 Å². The van der Waals surface area contributed by atoms with Gasteiger partial charge in [0.1, 0.15) is 5.15 Å². The molecule has 2 rings (SSSR count). The highest BCUT2D eigenvalue weighted by molar-refractivity contribution is 9.10. The van der Waals surface area contributed by atoms with E-state index in [0.29, 0.717) is 22.5 Å². The Kier molecular flexibility index (Phi) is 3.94. The molecule has 1 aromatic rings. The summed E-state index contributed by atoms with van der Waals surface area (Å²) in [5.41, 5.74) is 0.147. The molecule has 4 nitrogen and oxygen atoms in total. The van der Waals surface area contributed by atoms with Gasteiger partial charge in [-0.25, -0.2) is 4.98 Å². The highest BCUT2D eigenvalue weighted by Crippen LogP contribution is 2.46. The first-order valence-electron chi connectivity index (χ1n) is 5.46. The number of hydrogen-bond acceptors (Lipinski definition) is 4. The fourth-order valence-corrected chi connectivity index (χ4v) is 2.74. The zero-order chi connectivity index (χ0) is 13.3. The smallest absolute Gasteiger partial charge is 0.316 e. The highest BCUT2D eigenvalue weighted by atomic mass is 79.9. The van der Waals surface area contributed by atoms with E-state index in [4.69, 9.17) is 21.1 Å². The third-order valence-electron chi connectivity index (χ3n) is 3.41. The molecule has 1 aliphatic rings. The van der Waals surface area contributed by atoms with Crippen molar-refractivity contribution in [3.05, 3.63) is 27.5 Å². The minimum absolute atomic E-state index is 0.0820. The summed E-state index contributed by atoms with van der Waals surface area (Å²) in [6.45, 7) is 0. The van der Waals surface area contributed by atoms with Crippen molar-refractivity contribution < 1.29 is 14.3 Å². The van der Waals surface area contributed by atoms with Gasteiger partial charge in [0.05, 0.1) is 23.1 Å². The number of hydrogen-bond donors (Lipinski definition) is 0. The summed E-state index contributed by atoms with van der Waals surface area (Å²) in [6.07, 6.45) is 2.91. The Morgan fingerprint density at radius 3 is 2.72 bits per heavy atom. The first-order chi connectivity index (χ1) is 8.53. The second kappa shape index (κ2) is 5.15. The summed E-state index contributed by atoms with van der Waals surface area (Å²) in [5.74, 6) is -0.258. The predicted octanol–water partition coefficient (Wildman–Crippen LogP) is 2.72. The molecule has 0 atom stereocenters. The molecule has 98 valence electrons. The Morgan fingerprint density at radius 1 is 1.56 bits per heavy atom. The van der Waals surface area contributed by atoms with Crippen molar-refractivity contribution in [2.24, 2.45) is 0 Å². The number of nitrogens with zero attached hydrogens (tertiary/aromatic N) is 1. The van der Waals surface area contributed by atoms with Gasteiger partial charge in [0.15, 0.2) is 0 Å². The van der Waals surface area contributed by atoms with Crippen LogP contribution in [0.25, 0.3) is 0 Å². The molecule has 0 aliphatic heterocycles. The first-order valence-corrected chi connectivity index (χ1v) is 6.63. The summed E-state index contributed by atoms with van der Waals surface area (Å²) in [4.78, 5) is 16.1. The van der Waals surface area contributed by atoms with Gasteiger partial charge < -0.3 is 9.47 Å². The van der Waals surface area contributed by atoms with Crippen molar-refractivity contribution in [3.8, 4) is 0 Å². The number of carbonyl (C=O) groups is 1. The van der Waals surface area contributed by atoms with Crippen LogP contribution in [0.5, 0.6) is 0 Å². The third kappa shape index (κ3) is 2.15. The summed E-state index contributed by atoms with van der Waals surface area (Å²) in [5, 5.41) is 0.376. The Labute approximate surface area is 119 Å². The normalized spacial score (nSPS) is 26.6. The second-order valence-electron chi connectivity index (χ2n) is 4.34. The van der Waals surface area contributed by atoms with Crippen LogP contribution in [-0.4, -0.2) is 31.3 Å². The average Bonchev–Trinajstić information content (AvgIpc) is 2.32. The Morgan fingerprint density at radius 2 is 2.22 bits per heavy atom. The lowest BCUT2D eigenvalue weighted by molar-refractivity contribution is -0.158. The molecule has 0 aromatic carbocycles. The van der Waals surface area contributed by atoms with Gasteiger partial charge in [0.2, 0.25) is 0 Å². The van der Waals surface area contributed by atoms with Crippen LogP contribution < -0.4 is 0 Å². The molecule has 1 saturated carbocycles. The molecule has 1 heterocycles. The molecule has 1 aliphatic carbocycles. The van der Waals surface area contributed by atoms with Crippen LogP contribution in [0, 0.1) is 0 Å². The number of rotatable bonds is 3. The van der Waals surface area contributed by atoms with E-state index in [9.17, 15) is 4.79 Å². The first kappa shape index (κ1) is 13.8. The van der Waals surface area contributed by atoms with Gasteiger partial charge >= 0.3 is 5.97 Å². The van der Waals surface area contributed by atoms with Crippen molar-refractivity contribution >= 4 is 33.5 Å². The van der Waals surface area contributed by atoms with Gasteiger partial charge in [-0.3, -0.25) is 4.79 Å². The number of carbonyl (C=O) groups excluding carboxylic acids is 1. The van der Waals surface area contributed by atoms with Crippen molar-refractivity contribution in [2.45, 2.75) is 24.4 Å². The van der Waals surface area contributed by atoms with E-state index < -0.39 is 5.41 Å². The molecule has 0 amide bonds. The number of halogens is 2. The molecule has 0 unspecified atom stereocenters. The molecule has 18 heavy (non-hydrogen) atoms. The summed E-state index contributed by atoms with van der Waals surface area (Å²) in [7, 11) is 3.03. The number of methoxy groups -OCH3 is 2. The summed E-state index contributed by atoms with van der Waals surface area (Å²) in [6, 6.07) is 1.82. The van der Waals surface area contributed by atoms with Gasteiger partial charge in [-0.1, -0.05) is 11.6 Å². The maximum atomic E-state index is 12.0. The maximum absolute atomic E-state index is 12.0. The molecular formula is C12H13BrClNO3.